The number of aliphatic hydroxyl groups is 1. The van der Waals surface area contributed by atoms with Crippen LogP contribution in [-0.2, 0) is 15.2 Å². The van der Waals surface area contributed by atoms with Gasteiger partial charge in [-0.25, -0.2) is 4.39 Å². The van der Waals surface area contributed by atoms with E-state index in [1.165, 1.54) is 19.3 Å². The van der Waals surface area contributed by atoms with Crippen LogP contribution in [0.25, 0.3) is 0 Å². The van der Waals surface area contributed by atoms with Crippen molar-refractivity contribution in [3.05, 3.63) is 29.6 Å². The lowest BCUT2D eigenvalue weighted by Gasteiger charge is -2.48. The molecule has 1 saturated heterocycles. The Morgan fingerprint density at radius 3 is 2.75 bits per heavy atom. The third kappa shape index (κ3) is 3.62. The topological polar surface area (TPSA) is 62.7 Å². The van der Waals surface area contributed by atoms with E-state index < -0.39 is 11.8 Å². The predicted octanol–water partition coefficient (Wildman–Crippen LogP) is 3.46. The molecule has 2 fully saturated rings. The molecule has 1 aromatic heterocycles. The number of Topliss-reactive ketones (excluding diaryl/α,β-unsaturated/α-hetero) is 1. The van der Waals surface area contributed by atoms with Gasteiger partial charge in [-0.1, -0.05) is 25.3 Å². The molecule has 28 heavy (non-hydrogen) atoms. The number of aliphatic hydroxyl groups excluding tert-OH is 1. The lowest BCUT2D eigenvalue weighted by Crippen LogP contribution is -2.54. The van der Waals surface area contributed by atoms with E-state index in [0.717, 1.165) is 39.1 Å². The van der Waals surface area contributed by atoms with Crippen molar-refractivity contribution in [3.63, 3.8) is 0 Å². The van der Waals surface area contributed by atoms with Crippen LogP contribution >= 0.6 is 0 Å². The van der Waals surface area contributed by atoms with Gasteiger partial charge in [0.15, 0.2) is 11.5 Å². The van der Waals surface area contributed by atoms with Gasteiger partial charge >= 0.3 is 0 Å². The first-order valence-electron chi connectivity index (χ1n) is 10.7. The molecule has 0 amide bonds. The fourth-order valence-electron chi connectivity index (χ4n) is 5.43. The Labute approximate surface area is 166 Å². The highest BCUT2D eigenvalue weighted by molar-refractivity contribution is 5.89. The van der Waals surface area contributed by atoms with E-state index in [4.69, 9.17) is 4.74 Å². The van der Waals surface area contributed by atoms with Gasteiger partial charge in [0.05, 0.1) is 25.0 Å². The Kier molecular flexibility index (Phi) is 5.81. The quantitative estimate of drug-likeness (QED) is 0.834. The fraction of sp³-hybridized carbons (Fsp3) is 0.727. The first-order chi connectivity index (χ1) is 13.6. The normalized spacial score (nSPS) is 30.6. The molecule has 0 radical (unpaired) electrons. The molecular formula is C22H31FN2O3. The summed E-state index contributed by atoms with van der Waals surface area (Å²) in [5, 5.41) is 10.2. The van der Waals surface area contributed by atoms with Crippen LogP contribution in [0.15, 0.2) is 18.3 Å². The number of halogens is 1. The number of nitrogens with zero attached hydrogens (tertiary/aromatic N) is 2. The van der Waals surface area contributed by atoms with Crippen molar-refractivity contribution in [2.75, 3.05) is 26.3 Å². The lowest BCUT2D eigenvalue weighted by molar-refractivity contribution is -0.134. The molecule has 1 N–H and O–H groups in total. The average molecular weight is 390 g/mol. The molecule has 4 rings (SSSR count). The SMILES string of the molecule is O=C(CCC1(N2CCOCC2)CCCCC1)[C@]1(F)CC[C@H](O)c2ncccc21. The third-order valence-electron chi connectivity index (χ3n) is 7.07. The number of pyridine rings is 1. The molecule has 0 unspecified atom stereocenters. The van der Waals surface area contributed by atoms with Gasteiger partial charge in [-0.05, 0) is 38.2 Å². The van der Waals surface area contributed by atoms with Gasteiger partial charge in [0.2, 0.25) is 0 Å². The van der Waals surface area contributed by atoms with Crippen molar-refractivity contribution in [1.82, 2.24) is 9.88 Å². The molecule has 0 aromatic carbocycles. The maximum absolute atomic E-state index is 15.9. The van der Waals surface area contributed by atoms with Gasteiger partial charge in [0.25, 0.3) is 0 Å². The van der Waals surface area contributed by atoms with E-state index in [2.05, 4.69) is 9.88 Å². The van der Waals surface area contributed by atoms with E-state index in [9.17, 15) is 9.90 Å². The molecule has 6 heteroatoms. The third-order valence-corrected chi connectivity index (χ3v) is 7.07. The zero-order valence-corrected chi connectivity index (χ0v) is 16.5. The lowest BCUT2D eigenvalue weighted by atomic mass is 9.73. The first-order valence-corrected chi connectivity index (χ1v) is 10.7. The summed E-state index contributed by atoms with van der Waals surface area (Å²) in [7, 11) is 0. The Morgan fingerprint density at radius 1 is 1.25 bits per heavy atom. The number of hydrogen-bond acceptors (Lipinski definition) is 5. The zero-order chi connectivity index (χ0) is 19.6. The molecule has 1 aromatic rings. The van der Waals surface area contributed by atoms with Gasteiger partial charge in [0, 0.05) is 36.8 Å². The van der Waals surface area contributed by atoms with Gasteiger partial charge in [-0.15, -0.1) is 0 Å². The van der Waals surface area contributed by atoms with Crippen LogP contribution in [0, 0.1) is 0 Å². The minimum atomic E-state index is -2.02. The van der Waals surface area contributed by atoms with Crippen LogP contribution in [0.5, 0.6) is 0 Å². The molecule has 154 valence electrons. The summed E-state index contributed by atoms with van der Waals surface area (Å²) in [5.41, 5.74) is -1.43. The molecule has 1 aliphatic heterocycles. The highest BCUT2D eigenvalue weighted by atomic mass is 19.1. The fourth-order valence-corrected chi connectivity index (χ4v) is 5.43. The molecule has 5 nitrogen and oxygen atoms in total. The second-order valence-electron chi connectivity index (χ2n) is 8.60. The number of hydrogen-bond donors (Lipinski definition) is 1. The second-order valence-corrected chi connectivity index (χ2v) is 8.60. The highest BCUT2D eigenvalue weighted by Crippen LogP contribution is 2.45. The largest absolute Gasteiger partial charge is 0.387 e. The smallest absolute Gasteiger partial charge is 0.195 e. The van der Waals surface area contributed by atoms with E-state index in [-0.39, 0.29) is 36.1 Å². The van der Waals surface area contributed by atoms with Crippen LogP contribution in [-0.4, -0.2) is 52.6 Å². The van der Waals surface area contributed by atoms with Crippen molar-refractivity contribution >= 4 is 5.78 Å². The Hall–Kier alpha value is -1.37. The summed E-state index contributed by atoms with van der Waals surface area (Å²) >= 11 is 0. The molecule has 1 saturated carbocycles. The number of rotatable bonds is 5. The number of morpholine rings is 1. The summed E-state index contributed by atoms with van der Waals surface area (Å²) in [6, 6.07) is 3.26. The Balaban J connectivity index is 1.52. The average Bonchev–Trinajstić information content (AvgIpc) is 2.76. The monoisotopic (exact) mass is 390 g/mol. The molecular weight excluding hydrogens is 359 g/mol. The minimum Gasteiger partial charge on any atom is -0.387 e. The summed E-state index contributed by atoms with van der Waals surface area (Å²) in [5.74, 6) is -0.355. The number of alkyl halides is 1. The molecule has 0 bridgehead atoms. The number of fused-ring (bicyclic) bond motifs is 1. The summed E-state index contributed by atoms with van der Waals surface area (Å²) < 4.78 is 21.4. The highest BCUT2D eigenvalue weighted by Gasteiger charge is 2.47. The Bertz CT molecular complexity index is 701. The van der Waals surface area contributed by atoms with Crippen molar-refractivity contribution in [2.24, 2.45) is 0 Å². The molecule has 2 heterocycles. The Morgan fingerprint density at radius 2 is 2.00 bits per heavy atom. The maximum atomic E-state index is 15.9. The zero-order valence-electron chi connectivity index (χ0n) is 16.5. The van der Waals surface area contributed by atoms with Crippen LogP contribution in [0.4, 0.5) is 4.39 Å². The number of ether oxygens (including phenoxy) is 1. The van der Waals surface area contributed by atoms with Gasteiger partial charge < -0.3 is 9.84 Å². The predicted molar refractivity (Wildman–Crippen MR) is 104 cm³/mol. The van der Waals surface area contributed by atoms with Crippen LogP contribution in [0.3, 0.4) is 0 Å². The summed E-state index contributed by atoms with van der Waals surface area (Å²) in [6.45, 7) is 3.27. The minimum absolute atomic E-state index is 0.00000146. The standard InChI is InChI=1S/C22H31FN2O3/c23-22(11-6-18(26)20-17(22)5-4-12-24-20)19(27)7-10-21(8-2-1-3-9-21)25-13-15-28-16-14-25/h4-5,12,18,26H,1-3,6-11,13-16H2/t18-,22-/m0/s1. The molecule has 0 spiro atoms. The van der Waals surface area contributed by atoms with Crippen LogP contribution in [0.1, 0.15) is 75.1 Å². The van der Waals surface area contributed by atoms with Crippen molar-refractivity contribution in [2.45, 2.75) is 75.1 Å². The van der Waals surface area contributed by atoms with Crippen LogP contribution < -0.4 is 0 Å². The maximum Gasteiger partial charge on any atom is 0.195 e. The number of ketones is 1. The number of carbonyl (C=O) groups excluding carboxylic acids is 1. The van der Waals surface area contributed by atoms with E-state index >= 15 is 4.39 Å². The van der Waals surface area contributed by atoms with Crippen molar-refractivity contribution < 1.29 is 19.0 Å². The van der Waals surface area contributed by atoms with Crippen LogP contribution in [0.2, 0.25) is 0 Å². The molecule has 3 aliphatic rings. The summed E-state index contributed by atoms with van der Waals surface area (Å²) in [6.07, 6.45) is 7.72. The van der Waals surface area contributed by atoms with Gasteiger partial charge in [-0.2, -0.15) is 0 Å². The van der Waals surface area contributed by atoms with Gasteiger partial charge in [0.1, 0.15) is 0 Å². The second kappa shape index (κ2) is 8.17. The van der Waals surface area contributed by atoms with E-state index in [0.29, 0.717) is 12.1 Å². The first kappa shape index (κ1) is 19.9. The van der Waals surface area contributed by atoms with Gasteiger partial charge in [-0.3, -0.25) is 14.7 Å². The molecule has 2 aliphatic carbocycles. The molecule has 2 atom stereocenters. The van der Waals surface area contributed by atoms with E-state index in [1.54, 1.807) is 18.3 Å². The van der Waals surface area contributed by atoms with Crippen molar-refractivity contribution in [1.29, 1.82) is 0 Å². The number of carbonyl (C=O) groups is 1. The van der Waals surface area contributed by atoms with Crippen molar-refractivity contribution in [3.8, 4) is 0 Å². The summed E-state index contributed by atoms with van der Waals surface area (Å²) in [4.78, 5) is 19.8. The van der Waals surface area contributed by atoms with E-state index in [1.807, 2.05) is 0 Å². The number of aromatic nitrogens is 1.